The Labute approximate surface area is 103 Å². The van der Waals surface area contributed by atoms with Crippen LogP contribution in [0.15, 0.2) is 18.2 Å². The zero-order valence-corrected chi connectivity index (χ0v) is 9.56. The molecule has 7 nitrogen and oxygen atoms in total. The van der Waals surface area contributed by atoms with Gasteiger partial charge in [-0.15, -0.1) is 0 Å². The normalized spacial score (nSPS) is 22.6. The molecule has 0 spiro atoms. The lowest BCUT2D eigenvalue weighted by Gasteiger charge is -2.01. The molecule has 2 heterocycles. The van der Waals surface area contributed by atoms with Gasteiger partial charge in [-0.1, -0.05) is 0 Å². The minimum Gasteiger partial charge on any atom is -0.394 e. The highest BCUT2D eigenvalue weighted by Gasteiger charge is 2.36. The molecule has 0 bridgehead atoms. The molecule has 2 atom stereocenters. The fourth-order valence-corrected chi connectivity index (χ4v) is 2.00. The van der Waals surface area contributed by atoms with Crippen molar-refractivity contribution in [2.24, 2.45) is 5.92 Å². The van der Waals surface area contributed by atoms with Crippen LogP contribution in [0.1, 0.15) is 6.42 Å². The third kappa shape index (κ3) is 1.73. The minimum atomic E-state index is -0.689. The van der Waals surface area contributed by atoms with Gasteiger partial charge < -0.3 is 15.9 Å². The van der Waals surface area contributed by atoms with Gasteiger partial charge in [-0.25, -0.2) is 15.0 Å². The highest BCUT2D eigenvalue weighted by molar-refractivity contribution is 5.82. The van der Waals surface area contributed by atoms with Crippen LogP contribution >= 0.6 is 0 Å². The van der Waals surface area contributed by atoms with Crippen molar-refractivity contribution < 1.29 is 10.2 Å². The average Bonchev–Trinajstić information content (AvgIpc) is 3.02. The summed E-state index contributed by atoms with van der Waals surface area (Å²) in [5, 5.41) is 18.4. The van der Waals surface area contributed by atoms with Crippen LogP contribution in [0.3, 0.4) is 0 Å². The van der Waals surface area contributed by atoms with Crippen LogP contribution in [-0.4, -0.2) is 42.4 Å². The van der Waals surface area contributed by atoms with Gasteiger partial charge in [0, 0.05) is 12.1 Å². The van der Waals surface area contributed by atoms with Gasteiger partial charge in [0.25, 0.3) is 0 Å². The van der Waals surface area contributed by atoms with E-state index in [1.54, 1.807) is 10.9 Å². The number of hydrogen-bond donors (Lipinski definition) is 3. The highest BCUT2D eigenvalue weighted by atomic mass is 16.3. The van der Waals surface area contributed by atoms with Crippen LogP contribution in [0.4, 0.5) is 5.82 Å². The summed E-state index contributed by atoms with van der Waals surface area (Å²) < 4.78 is 1.76. The molecule has 7 heteroatoms. The number of imidazole rings is 1. The van der Waals surface area contributed by atoms with E-state index in [2.05, 4.69) is 15.0 Å². The lowest BCUT2D eigenvalue weighted by Crippen LogP contribution is -2.14. The second-order valence-corrected chi connectivity index (χ2v) is 4.35. The third-order valence-corrected chi connectivity index (χ3v) is 3.12. The molecule has 0 radical (unpaired) electrons. The number of aliphatic hydroxyl groups is 2. The van der Waals surface area contributed by atoms with Gasteiger partial charge in [-0.3, -0.25) is 4.57 Å². The Hall–Kier alpha value is -1.99. The molecule has 1 saturated carbocycles. The van der Waals surface area contributed by atoms with Gasteiger partial charge in [-0.05, 0) is 12.0 Å². The molecular weight excluding hydrogens is 234 g/mol. The van der Waals surface area contributed by atoms with E-state index in [4.69, 9.17) is 10.8 Å². The predicted molar refractivity (Wildman–Crippen MR) is 65.2 cm³/mol. The molecule has 0 saturated heterocycles. The molecule has 0 amide bonds. The Morgan fingerprint density at radius 3 is 3.11 bits per heavy atom. The molecule has 2 aromatic rings. The SMILES string of the molecule is Nc1ncnc2c1ncn2/C=C1\C[C@H]1[C@@H](O)CO. The molecule has 0 unspecified atom stereocenters. The van der Waals surface area contributed by atoms with Gasteiger partial charge in [0.15, 0.2) is 17.0 Å². The Morgan fingerprint density at radius 1 is 1.50 bits per heavy atom. The predicted octanol–water partition coefficient (Wildman–Crippen LogP) is -0.378. The fraction of sp³-hybridized carbons (Fsp3) is 0.364. The molecule has 0 aromatic carbocycles. The Bertz CT molecular complexity index is 621. The van der Waals surface area contributed by atoms with Crippen LogP contribution in [0, 0.1) is 5.92 Å². The summed E-state index contributed by atoms with van der Waals surface area (Å²) in [6, 6.07) is 0. The first-order valence-corrected chi connectivity index (χ1v) is 5.63. The van der Waals surface area contributed by atoms with E-state index in [0.29, 0.717) is 17.0 Å². The summed E-state index contributed by atoms with van der Waals surface area (Å²) in [5.74, 6) is 0.381. The second kappa shape index (κ2) is 4.04. The van der Waals surface area contributed by atoms with E-state index in [0.717, 1.165) is 12.0 Å². The summed E-state index contributed by atoms with van der Waals surface area (Å²) in [5.41, 5.74) is 7.96. The fourth-order valence-electron chi connectivity index (χ4n) is 2.00. The number of aromatic nitrogens is 4. The van der Waals surface area contributed by atoms with Crippen molar-refractivity contribution in [3.8, 4) is 0 Å². The number of nitrogens with zero attached hydrogens (tertiary/aromatic N) is 4. The van der Waals surface area contributed by atoms with Crippen LogP contribution in [0.2, 0.25) is 0 Å². The van der Waals surface area contributed by atoms with Crippen LogP contribution in [0.5, 0.6) is 0 Å². The zero-order valence-electron chi connectivity index (χ0n) is 9.56. The maximum atomic E-state index is 9.49. The molecule has 94 valence electrons. The third-order valence-electron chi connectivity index (χ3n) is 3.12. The number of aliphatic hydroxyl groups excluding tert-OH is 2. The van der Waals surface area contributed by atoms with Gasteiger partial charge >= 0.3 is 0 Å². The number of fused-ring (bicyclic) bond motifs is 1. The summed E-state index contributed by atoms with van der Waals surface area (Å²) >= 11 is 0. The molecule has 1 aliphatic carbocycles. The number of nitrogens with two attached hydrogens (primary N) is 1. The van der Waals surface area contributed by atoms with E-state index in [9.17, 15) is 5.11 Å². The van der Waals surface area contributed by atoms with Crippen molar-refractivity contribution >= 4 is 23.2 Å². The second-order valence-electron chi connectivity index (χ2n) is 4.35. The number of nitrogen functional groups attached to an aromatic ring is 1. The molecule has 3 rings (SSSR count). The van der Waals surface area contributed by atoms with Crippen molar-refractivity contribution in [2.45, 2.75) is 12.5 Å². The summed E-state index contributed by atoms with van der Waals surface area (Å²) in [4.78, 5) is 12.1. The monoisotopic (exact) mass is 247 g/mol. The number of anilines is 1. The van der Waals surface area contributed by atoms with Gasteiger partial charge in [0.05, 0.1) is 12.7 Å². The van der Waals surface area contributed by atoms with Crippen molar-refractivity contribution in [3.63, 3.8) is 0 Å². The molecule has 4 N–H and O–H groups in total. The first kappa shape index (κ1) is 11.1. The first-order valence-electron chi connectivity index (χ1n) is 5.63. The lowest BCUT2D eigenvalue weighted by atomic mass is 10.2. The Kier molecular flexibility index (Phi) is 2.49. The van der Waals surface area contributed by atoms with Gasteiger partial charge in [-0.2, -0.15) is 0 Å². The van der Waals surface area contributed by atoms with Gasteiger partial charge in [0.1, 0.15) is 12.7 Å². The van der Waals surface area contributed by atoms with Crippen molar-refractivity contribution in [1.82, 2.24) is 19.5 Å². The molecule has 2 aromatic heterocycles. The standard InChI is InChI=1S/C11H13N5O2/c12-10-9-11(14-4-13-10)16(5-15-9)2-6-1-7(6)8(18)3-17/h2,4-5,7-8,17-18H,1,3H2,(H2,12,13,14)/b6-2+/t7-,8+/m1/s1. The number of rotatable bonds is 3. The van der Waals surface area contributed by atoms with Crippen molar-refractivity contribution in [3.05, 3.63) is 18.2 Å². The van der Waals surface area contributed by atoms with E-state index in [-0.39, 0.29) is 12.5 Å². The largest absolute Gasteiger partial charge is 0.394 e. The molecular formula is C11H13N5O2. The average molecular weight is 247 g/mol. The van der Waals surface area contributed by atoms with E-state index in [1.807, 2.05) is 6.20 Å². The van der Waals surface area contributed by atoms with E-state index >= 15 is 0 Å². The minimum absolute atomic E-state index is 0.0339. The Balaban J connectivity index is 1.93. The van der Waals surface area contributed by atoms with E-state index < -0.39 is 6.10 Å². The quantitative estimate of drug-likeness (QED) is 0.682. The highest BCUT2D eigenvalue weighted by Crippen LogP contribution is 2.41. The molecule has 18 heavy (non-hydrogen) atoms. The molecule has 0 aliphatic heterocycles. The first-order chi connectivity index (χ1) is 8.70. The number of hydrogen-bond acceptors (Lipinski definition) is 6. The van der Waals surface area contributed by atoms with Gasteiger partial charge in [0.2, 0.25) is 0 Å². The maximum Gasteiger partial charge on any atom is 0.169 e. The zero-order chi connectivity index (χ0) is 12.7. The summed E-state index contributed by atoms with van der Waals surface area (Å²) in [6.45, 7) is -0.220. The topological polar surface area (TPSA) is 110 Å². The molecule has 1 aliphatic rings. The Morgan fingerprint density at radius 2 is 2.33 bits per heavy atom. The lowest BCUT2D eigenvalue weighted by molar-refractivity contribution is 0.0815. The van der Waals surface area contributed by atoms with Crippen LogP contribution in [-0.2, 0) is 0 Å². The van der Waals surface area contributed by atoms with Crippen molar-refractivity contribution in [1.29, 1.82) is 0 Å². The van der Waals surface area contributed by atoms with Crippen LogP contribution in [0.25, 0.3) is 17.4 Å². The molecule has 1 fully saturated rings. The summed E-state index contributed by atoms with van der Waals surface area (Å²) in [7, 11) is 0. The summed E-state index contributed by atoms with van der Waals surface area (Å²) in [6.07, 6.45) is 4.96. The maximum absolute atomic E-state index is 9.49. The van der Waals surface area contributed by atoms with E-state index in [1.165, 1.54) is 6.33 Å². The smallest absolute Gasteiger partial charge is 0.169 e. The van der Waals surface area contributed by atoms with Crippen molar-refractivity contribution in [2.75, 3.05) is 12.3 Å². The van der Waals surface area contributed by atoms with Crippen LogP contribution < -0.4 is 5.73 Å².